The van der Waals surface area contributed by atoms with Gasteiger partial charge in [-0.3, -0.25) is 0 Å². The highest BCUT2D eigenvalue weighted by molar-refractivity contribution is 5.83. The van der Waals surface area contributed by atoms with Gasteiger partial charge in [-0.1, -0.05) is 17.3 Å². The highest BCUT2D eigenvalue weighted by Gasteiger charge is 2.43. The van der Waals surface area contributed by atoms with Crippen LogP contribution in [0.5, 0.6) is 5.75 Å². The van der Waals surface area contributed by atoms with Crippen LogP contribution in [0, 0.1) is 5.92 Å². The van der Waals surface area contributed by atoms with Crippen molar-refractivity contribution in [1.82, 2.24) is 4.90 Å². The number of oxime groups is 1. The molecule has 0 saturated carbocycles. The predicted octanol–water partition coefficient (Wildman–Crippen LogP) is 2.05. The molecule has 0 radical (unpaired) electrons. The molecule has 0 aliphatic rings. The van der Waals surface area contributed by atoms with E-state index < -0.39 is 24.5 Å². The highest BCUT2D eigenvalue weighted by atomic mass is 19.4. The molecule has 21 heavy (non-hydrogen) atoms. The largest absolute Gasteiger partial charge is 0.497 e. The number of methoxy groups -OCH3 is 1. The molecule has 0 bridgehead atoms. The number of hydrogen-bond acceptors (Lipinski definition) is 4. The van der Waals surface area contributed by atoms with E-state index in [0.29, 0.717) is 5.75 Å². The number of alkyl halides is 3. The molecule has 118 valence electrons. The third-order valence-corrected chi connectivity index (χ3v) is 2.95. The summed E-state index contributed by atoms with van der Waals surface area (Å²) in [6.07, 6.45) is -4.57. The number of hydrogen-bond donors (Lipinski definition) is 2. The second kappa shape index (κ2) is 7.16. The zero-order valence-corrected chi connectivity index (χ0v) is 11.8. The number of rotatable bonds is 6. The van der Waals surface area contributed by atoms with Crippen molar-refractivity contribution >= 4 is 5.84 Å². The van der Waals surface area contributed by atoms with Gasteiger partial charge in [0.15, 0.2) is 5.84 Å². The average molecular weight is 305 g/mol. The summed E-state index contributed by atoms with van der Waals surface area (Å²) in [5.41, 5.74) is 5.93. The standard InChI is InChI=1S/C13H18F3N3O2/c1-19(7-9-4-3-5-10(6-9)21-2)8-11(12(17)18-20)13(14,15)16/h3-6,11,20H,7-8H2,1-2H3,(H2,17,18). The third kappa shape index (κ3) is 5.14. The Bertz CT molecular complexity index is 492. The molecule has 8 heteroatoms. The van der Waals surface area contributed by atoms with E-state index in [1.807, 2.05) is 0 Å². The molecule has 3 N–H and O–H groups in total. The average Bonchev–Trinajstić information content (AvgIpc) is 2.43. The summed E-state index contributed by atoms with van der Waals surface area (Å²) < 4.78 is 43.6. The van der Waals surface area contributed by atoms with Crippen LogP contribution in [0.2, 0.25) is 0 Å². The summed E-state index contributed by atoms with van der Waals surface area (Å²) in [5, 5.41) is 10.9. The van der Waals surface area contributed by atoms with Crippen molar-refractivity contribution in [2.75, 3.05) is 20.7 Å². The van der Waals surface area contributed by atoms with Gasteiger partial charge in [-0.2, -0.15) is 13.2 Å². The van der Waals surface area contributed by atoms with Gasteiger partial charge in [-0.15, -0.1) is 0 Å². The topological polar surface area (TPSA) is 71.1 Å². The first kappa shape index (κ1) is 17.1. The zero-order valence-electron chi connectivity index (χ0n) is 11.8. The molecule has 0 fully saturated rings. The Morgan fingerprint density at radius 1 is 1.48 bits per heavy atom. The van der Waals surface area contributed by atoms with Crippen LogP contribution in [0.1, 0.15) is 5.56 Å². The fourth-order valence-corrected chi connectivity index (χ4v) is 1.89. The minimum atomic E-state index is -4.57. The Kier molecular flexibility index (Phi) is 5.83. The lowest BCUT2D eigenvalue weighted by atomic mass is 10.1. The minimum Gasteiger partial charge on any atom is -0.497 e. The number of halogens is 3. The van der Waals surface area contributed by atoms with Gasteiger partial charge >= 0.3 is 6.18 Å². The van der Waals surface area contributed by atoms with E-state index in [-0.39, 0.29) is 6.54 Å². The number of nitrogens with zero attached hydrogens (tertiary/aromatic N) is 2. The lowest BCUT2D eigenvalue weighted by Gasteiger charge is -2.25. The summed E-state index contributed by atoms with van der Waals surface area (Å²) in [6, 6.07) is 7.03. The molecular weight excluding hydrogens is 287 g/mol. The zero-order chi connectivity index (χ0) is 16.0. The molecule has 1 aromatic rings. The van der Waals surface area contributed by atoms with Crippen LogP contribution in [0.25, 0.3) is 0 Å². The van der Waals surface area contributed by atoms with Gasteiger partial charge in [-0.05, 0) is 24.7 Å². The molecule has 0 heterocycles. The van der Waals surface area contributed by atoms with Crippen molar-refractivity contribution in [2.24, 2.45) is 16.8 Å². The number of ether oxygens (including phenoxy) is 1. The monoisotopic (exact) mass is 305 g/mol. The number of amidine groups is 1. The van der Waals surface area contributed by atoms with Crippen LogP contribution in [-0.4, -0.2) is 42.8 Å². The number of benzene rings is 1. The van der Waals surface area contributed by atoms with E-state index in [1.54, 1.807) is 24.3 Å². The lowest BCUT2D eigenvalue weighted by molar-refractivity contribution is -0.159. The predicted molar refractivity (Wildman–Crippen MR) is 72.3 cm³/mol. The van der Waals surface area contributed by atoms with Gasteiger partial charge in [0.25, 0.3) is 0 Å². The number of nitrogens with two attached hydrogens (primary N) is 1. The minimum absolute atomic E-state index is 0.280. The fourth-order valence-electron chi connectivity index (χ4n) is 1.89. The van der Waals surface area contributed by atoms with Gasteiger partial charge in [0.1, 0.15) is 11.7 Å². The molecule has 1 rings (SSSR count). The van der Waals surface area contributed by atoms with Gasteiger partial charge in [0.2, 0.25) is 0 Å². The quantitative estimate of drug-likeness (QED) is 0.365. The Hall–Kier alpha value is -1.96. The first-order valence-corrected chi connectivity index (χ1v) is 6.13. The maximum Gasteiger partial charge on any atom is 0.400 e. The third-order valence-electron chi connectivity index (χ3n) is 2.95. The van der Waals surface area contributed by atoms with E-state index >= 15 is 0 Å². The van der Waals surface area contributed by atoms with Crippen LogP contribution >= 0.6 is 0 Å². The van der Waals surface area contributed by atoms with Crippen molar-refractivity contribution in [1.29, 1.82) is 0 Å². The van der Waals surface area contributed by atoms with Crippen LogP contribution in [0.15, 0.2) is 29.4 Å². The lowest BCUT2D eigenvalue weighted by Crippen LogP contribution is -2.43. The molecule has 1 atom stereocenters. The van der Waals surface area contributed by atoms with Crippen molar-refractivity contribution in [2.45, 2.75) is 12.7 Å². The summed E-state index contributed by atoms with van der Waals surface area (Å²) in [4.78, 5) is 1.45. The Balaban J connectivity index is 2.76. The molecule has 0 saturated heterocycles. The van der Waals surface area contributed by atoms with Gasteiger partial charge in [0, 0.05) is 13.1 Å². The van der Waals surface area contributed by atoms with E-state index in [1.165, 1.54) is 19.1 Å². The van der Waals surface area contributed by atoms with E-state index in [2.05, 4.69) is 5.16 Å². The molecule has 1 unspecified atom stereocenters. The highest BCUT2D eigenvalue weighted by Crippen LogP contribution is 2.27. The Morgan fingerprint density at radius 3 is 2.67 bits per heavy atom. The van der Waals surface area contributed by atoms with E-state index in [9.17, 15) is 13.2 Å². The van der Waals surface area contributed by atoms with Crippen LogP contribution < -0.4 is 10.5 Å². The summed E-state index contributed by atoms with van der Waals surface area (Å²) in [7, 11) is 3.05. The van der Waals surface area contributed by atoms with Crippen molar-refractivity contribution in [3.8, 4) is 5.75 Å². The first-order chi connectivity index (χ1) is 9.77. The molecule has 0 spiro atoms. The van der Waals surface area contributed by atoms with Crippen molar-refractivity contribution < 1.29 is 23.1 Å². The SMILES string of the molecule is COc1cccc(CN(C)CC(/C(N)=N/O)C(F)(F)F)c1. The smallest absolute Gasteiger partial charge is 0.400 e. The second-order valence-electron chi connectivity index (χ2n) is 4.67. The summed E-state index contributed by atoms with van der Waals surface area (Å²) in [6.45, 7) is -0.126. The summed E-state index contributed by atoms with van der Waals surface area (Å²) in [5.74, 6) is -2.23. The Morgan fingerprint density at radius 2 is 2.14 bits per heavy atom. The molecule has 5 nitrogen and oxygen atoms in total. The maximum atomic E-state index is 12.9. The molecule has 0 aliphatic heterocycles. The van der Waals surface area contributed by atoms with Crippen molar-refractivity contribution in [3.05, 3.63) is 29.8 Å². The maximum absolute atomic E-state index is 12.9. The summed E-state index contributed by atoms with van der Waals surface area (Å²) >= 11 is 0. The fraction of sp³-hybridized carbons (Fsp3) is 0.462. The van der Waals surface area contributed by atoms with Crippen LogP contribution in [-0.2, 0) is 6.54 Å². The molecule has 1 aromatic carbocycles. The second-order valence-corrected chi connectivity index (χ2v) is 4.67. The van der Waals surface area contributed by atoms with E-state index in [0.717, 1.165) is 5.56 Å². The first-order valence-electron chi connectivity index (χ1n) is 6.13. The van der Waals surface area contributed by atoms with Crippen molar-refractivity contribution in [3.63, 3.8) is 0 Å². The van der Waals surface area contributed by atoms with Gasteiger partial charge in [-0.25, -0.2) is 0 Å². The molecule has 0 aromatic heterocycles. The van der Waals surface area contributed by atoms with E-state index in [4.69, 9.17) is 15.7 Å². The van der Waals surface area contributed by atoms with Gasteiger partial charge in [0.05, 0.1) is 7.11 Å². The Labute approximate surface area is 120 Å². The normalized spacial score (nSPS) is 14.3. The van der Waals surface area contributed by atoms with Gasteiger partial charge < -0.3 is 20.6 Å². The molecular formula is C13H18F3N3O2. The van der Waals surface area contributed by atoms with Crippen LogP contribution in [0.4, 0.5) is 13.2 Å². The molecule has 0 amide bonds. The van der Waals surface area contributed by atoms with Crippen LogP contribution in [0.3, 0.4) is 0 Å². The molecule has 0 aliphatic carbocycles.